The molecule has 7 nitrogen and oxygen atoms in total. The minimum absolute atomic E-state index is 0.576. The van der Waals surface area contributed by atoms with E-state index in [4.69, 9.17) is 13.9 Å². The predicted molar refractivity (Wildman–Crippen MR) is 282 cm³/mol. The molecular weight excluding hydrogens is 858 g/mol. The monoisotopic (exact) mass is 911 g/mol. The maximum Gasteiger partial charge on any atom is 0.539 e. The summed E-state index contributed by atoms with van der Waals surface area (Å²) in [6, 6.07) is 73.3. The average Bonchev–Trinajstić information content (AvgIpc) is 3.42. The van der Waals surface area contributed by atoms with Crippen molar-refractivity contribution in [3.8, 4) is 66.8 Å². The van der Waals surface area contributed by atoms with E-state index in [9.17, 15) is 0 Å². The molecule has 9 aromatic carbocycles. The molecule has 338 valence electrons. The molecule has 0 saturated heterocycles. The molecule has 0 bridgehead atoms. The first-order valence-corrected chi connectivity index (χ1v) is 24.7. The molecule has 8 heteroatoms. The summed E-state index contributed by atoms with van der Waals surface area (Å²) in [4.78, 5) is 0. The molecular formula is C60H54N3O4P. The van der Waals surface area contributed by atoms with Crippen LogP contribution < -0.4 is 16.4 Å². The van der Waals surface area contributed by atoms with E-state index in [1.165, 1.54) is 0 Å². The summed E-state index contributed by atoms with van der Waals surface area (Å²) in [5.74, 6) is 0. The second kappa shape index (κ2) is 21.4. The van der Waals surface area contributed by atoms with Crippen molar-refractivity contribution in [1.29, 1.82) is 0 Å². The van der Waals surface area contributed by atoms with E-state index in [2.05, 4.69) is 128 Å². The van der Waals surface area contributed by atoms with Gasteiger partial charge in [0.05, 0.1) is 17.1 Å². The van der Waals surface area contributed by atoms with Crippen LogP contribution in [0.2, 0.25) is 0 Å². The molecule has 9 aromatic rings. The maximum atomic E-state index is 15.7. The van der Waals surface area contributed by atoms with Gasteiger partial charge < -0.3 is 0 Å². The molecule has 0 fully saturated rings. The van der Waals surface area contributed by atoms with Gasteiger partial charge in [0.2, 0.25) is 0 Å². The lowest BCUT2D eigenvalue weighted by Gasteiger charge is -2.25. The Morgan fingerprint density at radius 2 is 0.500 bits per heavy atom. The van der Waals surface area contributed by atoms with Gasteiger partial charge in [-0.15, -0.1) is 0 Å². The smallest absolute Gasteiger partial charge is 0.255 e. The molecule has 0 radical (unpaired) electrons. The highest BCUT2D eigenvalue weighted by molar-refractivity contribution is 7.48. The number of nitrogens with one attached hydrogen (secondary N) is 3. The molecule has 0 amide bonds. The number of phosphoric acid groups is 1. The summed E-state index contributed by atoms with van der Waals surface area (Å²) in [5.41, 5.74) is 26.2. The Morgan fingerprint density at radius 1 is 0.294 bits per heavy atom. The van der Waals surface area contributed by atoms with Crippen LogP contribution in [0.4, 0.5) is 17.1 Å². The molecule has 0 aliphatic carbocycles. The molecule has 0 aliphatic heterocycles. The Bertz CT molecular complexity index is 2800. The normalized spacial score (nSPS) is 11.3. The van der Waals surface area contributed by atoms with Crippen LogP contribution in [0.5, 0.6) is 0 Å². The van der Waals surface area contributed by atoms with Gasteiger partial charge in [0, 0.05) is 16.7 Å². The molecule has 3 N–H and O–H groups in total. The Kier molecular flexibility index (Phi) is 14.4. The van der Waals surface area contributed by atoms with Gasteiger partial charge in [-0.2, -0.15) is 13.9 Å². The number of aryl methyl sites for hydroxylation is 3. The van der Waals surface area contributed by atoms with Crippen LogP contribution in [0.15, 0.2) is 218 Å². The highest BCUT2D eigenvalue weighted by Crippen LogP contribution is 2.53. The third-order valence-electron chi connectivity index (χ3n) is 12.2. The lowest BCUT2D eigenvalue weighted by Crippen LogP contribution is -2.13. The van der Waals surface area contributed by atoms with Crippen molar-refractivity contribution >= 4 is 24.9 Å². The van der Waals surface area contributed by atoms with E-state index >= 15 is 4.57 Å². The second-order valence-electron chi connectivity index (χ2n) is 16.4. The van der Waals surface area contributed by atoms with Crippen LogP contribution in [0.1, 0.15) is 37.5 Å². The molecule has 68 heavy (non-hydrogen) atoms. The molecule has 0 spiro atoms. The standard InChI is InChI=1S/C60H54N3O4P/c1-4-43-37-40-52(58(49-31-19-10-20-32-49)55(43)46-25-13-7-14-26-46)61-65-68(64,66-62-53-41-38-44(5-2)56(47-27-15-8-16-28-47)59(53)50-33-21-11-22-34-50)67-63-54-42-39-45(6-3)57(48-29-17-9-18-30-48)60(54)51-35-23-12-24-36-51/h7-42,61-63H,4-6H2,1-3H3. The number of rotatable bonds is 18. The van der Waals surface area contributed by atoms with Gasteiger partial charge in [-0.1, -0.05) is 221 Å². The lowest BCUT2D eigenvalue weighted by atomic mass is 9.88. The first-order valence-electron chi connectivity index (χ1n) is 23.2. The van der Waals surface area contributed by atoms with Crippen LogP contribution in [-0.2, 0) is 37.7 Å². The molecule has 0 saturated carbocycles. The Labute approximate surface area is 399 Å². The van der Waals surface area contributed by atoms with Crippen LogP contribution in [-0.4, -0.2) is 0 Å². The van der Waals surface area contributed by atoms with Crippen molar-refractivity contribution in [2.75, 3.05) is 16.4 Å². The van der Waals surface area contributed by atoms with Crippen molar-refractivity contribution < 1.29 is 18.4 Å². The number of benzene rings is 9. The Morgan fingerprint density at radius 3 is 0.706 bits per heavy atom. The highest BCUT2D eigenvalue weighted by Gasteiger charge is 2.33. The van der Waals surface area contributed by atoms with Gasteiger partial charge in [-0.25, -0.2) is 4.57 Å². The van der Waals surface area contributed by atoms with E-state index in [1.807, 2.05) is 127 Å². The lowest BCUT2D eigenvalue weighted by molar-refractivity contribution is 0.173. The summed E-state index contributed by atoms with van der Waals surface area (Å²) < 4.78 is 34.7. The predicted octanol–water partition coefficient (Wildman–Crippen LogP) is 16.9. The number of hydrogen-bond acceptors (Lipinski definition) is 7. The number of anilines is 3. The molecule has 9 rings (SSSR count). The van der Waals surface area contributed by atoms with Crippen LogP contribution in [0, 0.1) is 0 Å². The molecule has 0 aromatic heterocycles. The minimum atomic E-state index is -4.70. The maximum absolute atomic E-state index is 15.7. The van der Waals surface area contributed by atoms with Crippen molar-refractivity contribution in [3.05, 3.63) is 235 Å². The van der Waals surface area contributed by atoms with Gasteiger partial charge >= 0.3 is 7.82 Å². The zero-order chi connectivity index (χ0) is 46.7. The third kappa shape index (κ3) is 9.94. The van der Waals surface area contributed by atoms with E-state index in [0.717, 1.165) is 103 Å². The zero-order valence-corrected chi connectivity index (χ0v) is 39.4. The van der Waals surface area contributed by atoms with Gasteiger partial charge in [-0.05, 0) is 104 Å². The summed E-state index contributed by atoms with van der Waals surface area (Å²) in [6.45, 7) is 6.44. The van der Waals surface area contributed by atoms with Crippen LogP contribution >= 0.6 is 7.82 Å². The summed E-state index contributed by atoms with van der Waals surface area (Å²) in [6.07, 6.45) is 2.38. The highest BCUT2D eigenvalue weighted by atomic mass is 31.2. The van der Waals surface area contributed by atoms with Crippen molar-refractivity contribution in [1.82, 2.24) is 0 Å². The Balaban J connectivity index is 1.16. The summed E-state index contributed by atoms with van der Waals surface area (Å²) in [5, 5.41) is 0. The van der Waals surface area contributed by atoms with Crippen LogP contribution in [0.25, 0.3) is 66.8 Å². The van der Waals surface area contributed by atoms with Crippen molar-refractivity contribution in [2.45, 2.75) is 40.0 Å². The first-order chi connectivity index (χ1) is 33.5. The largest absolute Gasteiger partial charge is 0.539 e. The Hall–Kier alpha value is -7.51. The molecule has 0 heterocycles. The molecule has 0 atom stereocenters. The topological polar surface area (TPSA) is 80.9 Å². The van der Waals surface area contributed by atoms with Crippen molar-refractivity contribution in [2.24, 2.45) is 0 Å². The summed E-state index contributed by atoms with van der Waals surface area (Å²) >= 11 is 0. The third-order valence-corrected chi connectivity index (χ3v) is 13.1. The zero-order valence-electron chi connectivity index (χ0n) is 38.5. The molecule has 0 unspecified atom stereocenters. The van der Waals surface area contributed by atoms with E-state index in [-0.39, 0.29) is 0 Å². The second-order valence-corrected chi connectivity index (χ2v) is 17.8. The van der Waals surface area contributed by atoms with E-state index in [1.54, 1.807) is 0 Å². The fourth-order valence-corrected chi connectivity index (χ4v) is 9.71. The fraction of sp³-hybridized carbons (Fsp3) is 0.100. The summed E-state index contributed by atoms with van der Waals surface area (Å²) in [7, 11) is -4.70. The minimum Gasteiger partial charge on any atom is -0.255 e. The van der Waals surface area contributed by atoms with Crippen LogP contribution in [0.3, 0.4) is 0 Å². The van der Waals surface area contributed by atoms with Gasteiger partial charge in [0.25, 0.3) is 0 Å². The fourth-order valence-electron chi connectivity index (χ4n) is 8.97. The SMILES string of the molecule is CCc1ccc(NOP(=O)(ONc2ccc(CC)c(-c3ccccc3)c2-c2ccccc2)ONc2ccc(CC)c(-c3ccccc3)c2-c2ccccc2)c(-c2ccccc2)c1-c1ccccc1. The number of hydrogen-bond donors (Lipinski definition) is 3. The average molecular weight is 912 g/mol. The van der Waals surface area contributed by atoms with Gasteiger partial charge in [-0.3, -0.25) is 16.4 Å². The van der Waals surface area contributed by atoms with Gasteiger partial charge in [0.1, 0.15) is 0 Å². The van der Waals surface area contributed by atoms with E-state index in [0.29, 0.717) is 17.1 Å². The quantitative estimate of drug-likeness (QED) is 0.0584. The van der Waals surface area contributed by atoms with E-state index < -0.39 is 7.82 Å². The first kappa shape index (κ1) is 45.6. The van der Waals surface area contributed by atoms with Gasteiger partial charge in [0.15, 0.2) is 0 Å². The molecule has 0 aliphatic rings. The van der Waals surface area contributed by atoms with Crippen molar-refractivity contribution in [3.63, 3.8) is 0 Å².